The Labute approximate surface area is 203 Å². The van der Waals surface area contributed by atoms with E-state index in [-0.39, 0.29) is 19.1 Å². The Morgan fingerprint density at radius 2 is 1.83 bits per heavy atom. The summed E-state index contributed by atoms with van der Waals surface area (Å²) in [6, 6.07) is 18.6. The summed E-state index contributed by atoms with van der Waals surface area (Å²) in [5.74, 6) is 0.690. The molecule has 0 saturated carbocycles. The molecule has 0 aliphatic heterocycles. The highest BCUT2D eigenvalue weighted by molar-refractivity contribution is 5.95. The summed E-state index contributed by atoms with van der Waals surface area (Å²) in [6.45, 7) is 0.249. The molecular formula is C26H27N5O4. The van der Waals surface area contributed by atoms with Crippen molar-refractivity contribution < 1.29 is 19.4 Å². The van der Waals surface area contributed by atoms with Crippen LogP contribution in [0.1, 0.15) is 27.7 Å². The number of carbonyl (C=O) groups is 1. The fourth-order valence-electron chi connectivity index (χ4n) is 3.79. The molecule has 180 valence electrons. The molecule has 1 atom stereocenters. The first kappa shape index (κ1) is 24.1. The topological polar surface area (TPSA) is 103 Å². The number of methoxy groups -OCH3 is 2. The normalized spacial score (nSPS) is 11.8. The first-order valence-electron chi connectivity index (χ1n) is 11.0. The molecule has 1 unspecified atom stereocenters. The molecule has 0 bridgehead atoms. The Balaban J connectivity index is 1.63. The van der Waals surface area contributed by atoms with Crippen molar-refractivity contribution in [2.45, 2.75) is 12.7 Å². The molecule has 4 aromatic rings. The monoisotopic (exact) mass is 473 g/mol. The van der Waals surface area contributed by atoms with E-state index in [1.807, 2.05) is 54.6 Å². The third kappa shape index (κ3) is 5.21. The van der Waals surface area contributed by atoms with Gasteiger partial charge >= 0.3 is 0 Å². The average Bonchev–Trinajstić information content (AvgIpc) is 3.32. The second-order valence-electron chi connectivity index (χ2n) is 7.90. The molecule has 2 aromatic carbocycles. The first-order chi connectivity index (χ1) is 17.0. The van der Waals surface area contributed by atoms with E-state index < -0.39 is 6.10 Å². The van der Waals surface area contributed by atoms with Gasteiger partial charge in [-0.05, 0) is 23.8 Å². The lowest BCUT2D eigenvalue weighted by Gasteiger charge is -2.21. The zero-order valence-corrected chi connectivity index (χ0v) is 19.8. The predicted octanol–water partition coefficient (Wildman–Crippen LogP) is 3.29. The summed E-state index contributed by atoms with van der Waals surface area (Å²) in [5.41, 5.74) is 3.06. The van der Waals surface area contributed by atoms with Crippen LogP contribution < -0.4 is 4.74 Å². The number of amides is 1. The van der Waals surface area contributed by atoms with E-state index in [2.05, 4.69) is 15.1 Å². The van der Waals surface area contributed by atoms with E-state index in [1.54, 1.807) is 33.5 Å². The highest BCUT2D eigenvalue weighted by atomic mass is 16.5. The lowest BCUT2D eigenvalue weighted by molar-refractivity contribution is 0.0676. The van der Waals surface area contributed by atoms with Crippen LogP contribution in [0.2, 0.25) is 0 Å². The first-order valence-corrected chi connectivity index (χ1v) is 11.0. The van der Waals surface area contributed by atoms with Crippen molar-refractivity contribution in [1.82, 2.24) is 24.6 Å². The van der Waals surface area contributed by atoms with Crippen molar-refractivity contribution in [2.75, 3.05) is 27.8 Å². The number of para-hydroxylation sites is 1. The number of aliphatic hydroxyl groups is 1. The molecule has 9 nitrogen and oxygen atoms in total. The molecule has 4 rings (SSSR count). The van der Waals surface area contributed by atoms with Crippen LogP contribution in [0.15, 0.2) is 73.1 Å². The molecule has 0 aliphatic rings. The second-order valence-corrected chi connectivity index (χ2v) is 7.90. The number of hydrogen-bond donors (Lipinski definition) is 1. The maximum absolute atomic E-state index is 13.3. The van der Waals surface area contributed by atoms with Crippen LogP contribution in [-0.2, 0) is 11.3 Å². The summed E-state index contributed by atoms with van der Waals surface area (Å²) in [4.78, 5) is 23.8. The van der Waals surface area contributed by atoms with E-state index in [4.69, 9.17) is 9.47 Å². The Hall–Kier alpha value is -4.08. The van der Waals surface area contributed by atoms with Crippen molar-refractivity contribution in [2.24, 2.45) is 0 Å². The minimum absolute atomic E-state index is 0.123. The maximum atomic E-state index is 13.3. The van der Waals surface area contributed by atoms with Crippen LogP contribution in [0.5, 0.6) is 5.75 Å². The lowest BCUT2D eigenvalue weighted by Crippen LogP contribution is -2.31. The molecule has 0 saturated heterocycles. The highest BCUT2D eigenvalue weighted by Crippen LogP contribution is 2.28. The lowest BCUT2D eigenvalue weighted by atomic mass is 10.1. The van der Waals surface area contributed by atoms with Gasteiger partial charge in [-0.3, -0.25) is 4.79 Å². The van der Waals surface area contributed by atoms with E-state index in [0.29, 0.717) is 28.6 Å². The van der Waals surface area contributed by atoms with Crippen molar-refractivity contribution in [3.63, 3.8) is 0 Å². The van der Waals surface area contributed by atoms with Crippen LogP contribution in [0.25, 0.3) is 17.2 Å². The van der Waals surface area contributed by atoms with Gasteiger partial charge in [0, 0.05) is 25.9 Å². The quantitative estimate of drug-likeness (QED) is 0.398. The number of benzene rings is 2. The molecule has 2 aromatic heterocycles. The van der Waals surface area contributed by atoms with E-state index in [1.165, 1.54) is 15.8 Å². The van der Waals surface area contributed by atoms with Gasteiger partial charge in [0.05, 0.1) is 49.5 Å². The number of carbonyl (C=O) groups excluding carboxylic acids is 1. The van der Waals surface area contributed by atoms with Gasteiger partial charge in [0.1, 0.15) is 5.75 Å². The van der Waals surface area contributed by atoms with Gasteiger partial charge in [0.15, 0.2) is 0 Å². The number of aromatic nitrogens is 4. The molecular weight excluding hydrogens is 446 g/mol. The van der Waals surface area contributed by atoms with Crippen molar-refractivity contribution >= 4 is 5.91 Å². The molecule has 1 N–H and O–H groups in total. The van der Waals surface area contributed by atoms with Crippen LogP contribution in [-0.4, -0.2) is 63.5 Å². The van der Waals surface area contributed by atoms with Gasteiger partial charge < -0.3 is 19.5 Å². The summed E-state index contributed by atoms with van der Waals surface area (Å²) in [7, 11) is 4.79. The molecule has 0 radical (unpaired) electrons. The third-order valence-corrected chi connectivity index (χ3v) is 5.57. The summed E-state index contributed by atoms with van der Waals surface area (Å²) < 4.78 is 12.3. The molecule has 1 amide bonds. The predicted molar refractivity (Wildman–Crippen MR) is 130 cm³/mol. The molecule has 2 heterocycles. The van der Waals surface area contributed by atoms with E-state index in [9.17, 15) is 9.90 Å². The van der Waals surface area contributed by atoms with E-state index >= 15 is 0 Å². The molecule has 35 heavy (non-hydrogen) atoms. The summed E-state index contributed by atoms with van der Waals surface area (Å²) in [6.07, 6.45) is 2.29. The summed E-state index contributed by atoms with van der Waals surface area (Å²) in [5, 5.41) is 14.9. The maximum Gasteiger partial charge on any atom is 0.257 e. The van der Waals surface area contributed by atoms with Crippen molar-refractivity contribution in [3.05, 3.63) is 89.9 Å². The number of nitrogens with zero attached hydrogens (tertiary/aromatic N) is 5. The largest absolute Gasteiger partial charge is 0.496 e. The Morgan fingerprint density at radius 1 is 1.09 bits per heavy atom. The Bertz CT molecular complexity index is 1290. The van der Waals surface area contributed by atoms with Crippen molar-refractivity contribution in [1.29, 1.82) is 0 Å². The Kier molecular flexibility index (Phi) is 7.49. The van der Waals surface area contributed by atoms with Gasteiger partial charge in [-0.25, -0.2) is 9.97 Å². The number of rotatable bonds is 9. The van der Waals surface area contributed by atoms with Crippen LogP contribution in [0.3, 0.4) is 0 Å². The van der Waals surface area contributed by atoms with Gasteiger partial charge in [-0.1, -0.05) is 42.5 Å². The van der Waals surface area contributed by atoms with Gasteiger partial charge in [-0.2, -0.15) is 9.78 Å². The standard InChI is InChI=1S/C26H27N5O4/c1-30(16-23(32)18-9-5-4-6-10-18)25(33)20-15-28-31(22(20)17-34-2)26-27-14-13-21(29-26)19-11-7-8-12-24(19)35-3/h4-15,23,32H,16-17H2,1-3H3. The smallest absolute Gasteiger partial charge is 0.257 e. The number of aliphatic hydroxyl groups excluding tert-OH is 1. The van der Waals surface area contributed by atoms with Gasteiger partial charge in [0.25, 0.3) is 11.9 Å². The van der Waals surface area contributed by atoms with Gasteiger partial charge in [-0.15, -0.1) is 0 Å². The average molecular weight is 474 g/mol. The minimum Gasteiger partial charge on any atom is -0.496 e. The fourth-order valence-corrected chi connectivity index (χ4v) is 3.79. The second kappa shape index (κ2) is 10.9. The summed E-state index contributed by atoms with van der Waals surface area (Å²) >= 11 is 0. The number of ether oxygens (including phenoxy) is 2. The molecule has 9 heteroatoms. The molecule has 0 spiro atoms. The van der Waals surface area contributed by atoms with Crippen molar-refractivity contribution in [3.8, 4) is 23.0 Å². The van der Waals surface area contributed by atoms with Crippen LogP contribution >= 0.6 is 0 Å². The Morgan fingerprint density at radius 3 is 2.57 bits per heavy atom. The zero-order valence-electron chi connectivity index (χ0n) is 19.8. The third-order valence-electron chi connectivity index (χ3n) is 5.57. The van der Waals surface area contributed by atoms with Crippen LogP contribution in [0, 0.1) is 0 Å². The molecule has 0 fully saturated rings. The number of hydrogen-bond acceptors (Lipinski definition) is 7. The minimum atomic E-state index is -0.813. The fraction of sp³-hybridized carbons (Fsp3) is 0.231. The number of likely N-dealkylation sites (N-methyl/N-ethyl adjacent to an activating group) is 1. The van der Waals surface area contributed by atoms with E-state index in [0.717, 1.165) is 11.1 Å². The zero-order chi connectivity index (χ0) is 24.8. The molecule has 0 aliphatic carbocycles. The van der Waals surface area contributed by atoms with Crippen LogP contribution in [0.4, 0.5) is 0 Å². The highest BCUT2D eigenvalue weighted by Gasteiger charge is 2.24. The SMILES string of the molecule is COCc1c(C(=O)N(C)CC(O)c2ccccc2)cnn1-c1nccc(-c2ccccc2OC)n1. The van der Waals surface area contributed by atoms with Gasteiger partial charge in [0.2, 0.25) is 0 Å².